The summed E-state index contributed by atoms with van der Waals surface area (Å²) in [7, 11) is 0. The Hall–Kier alpha value is -3.14. The minimum absolute atomic E-state index is 0.140. The lowest BCUT2D eigenvalue weighted by Crippen LogP contribution is -2.09. The highest BCUT2D eigenvalue weighted by atomic mass is 16.5. The molecule has 4 heteroatoms. The van der Waals surface area contributed by atoms with Gasteiger partial charge in [-0.2, -0.15) is 0 Å². The third-order valence-corrected chi connectivity index (χ3v) is 3.29. The molecule has 3 rings (SSSR count). The molecular formula is C19H16N2O2. The van der Waals surface area contributed by atoms with Crippen molar-refractivity contribution >= 4 is 23.1 Å². The predicted octanol–water partition coefficient (Wildman–Crippen LogP) is 3.66. The Morgan fingerprint density at radius 1 is 1.13 bits per heavy atom. The van der Waals surface area contributed by atoms with Crippen molar-refractivity contribution in [2.75, 3.05) is 6.61 Å². The molecule has 0 saturated carbocycles. The number of para-hydroxylation sites is 1. The fourth-order valence-corrected chi connectivity index (χ4v) is 2.22. The average molecular weight is 304 g/mol. The van der Waals surface area contributed by atoms with Gasteiger partial charge in [0, 0.05) is 0 Å². The van der Waals surface area contributed by atoms with Crippen LogP contribution in [0.4, 0.5) is 0 Å². The number of ether oxygens (including phenoxy) is 1. The number of aromatic amines is 1. The number of fused-ring (bicyclic) bond motifs is 1. The van der Waals surface area contributed by atoms with Gasteiger partial charge in [-0.15, -0.1) is 0 Å². The molecule has 0 aliphatic carbocycles. The quantitative estimate of drug-likeness (QED) is 0.732. The number of hydrogen-bond donors (Lipinski definition) is 1. The summed E-state index contributed by atoms with van der Waals surface area (Å²) in [5.74, 6) is 1.29. The number of aromatic nitrogens is 2. The van der Waals surface area contributed by atoms with Crippen molar-refractivity contribution in [1.29, 1.82) is 0 Å². The van der Waals surface area contributed by atoms with E-state index in [0.29, 0.717) is 23.3 Å². The van der Waals surface area contributed by atoms with Crippen LogP contribution >= 0.6 is 0 Å². The lowest BCUT2D eigenvalue weighted by molar-refractivity contribution is 0.363. The van der Waals surface area contributed by atoms with Crippen molar-refractivity contribution < 1.29 is 4.74 Å². The molecule has 0 spiro atoms. The maximum atomic E-state index is 12.0. The molecule has 0 aliphatic rings. The van der Waals surface area contributed by atoms with Crippen LogP contribution in [0.25, 0.3) is 23.1 Å². The molecule has 0 atom stereocenters. The normalized spacial score (nSPS) is 11.0. The first kappa shape index (κ1) is 14.8. The van der Waals surface area contributed by atoms with E-state index in [1.54, 1.807) is 18.2 Å². The zero-order chi connectivity index (χ0) is 16.1. The number of rotatable bonds is 5. The molecule has 1 aromatic heterocycles. The van der Waals surface area contributed by atoms with Crippen LogP contribution in [0.3, 0.4) is 0 Å². The monoisotopic (exact) mass is 304 g/mol. The van der Waals surface area contributed by atoms with Crippen LogP contribution < -0.4 is 10.3 Å². The first-order chi connectivity index (χ1) is 11.3. The second kappa shape index (κ2) is 6.75. The van der Waals surface area contributed by atoms with E-state index in [9.17, 15) is 4.79 Å². The van der Waals surface area contributed by atoms with Gasteiger partial charge < -0.3 is 9.72 Å². The second-order valence-corrected chi connectivity index (χ2v) is 4.97. The van der Waals surface area contributed by atoms with Gasteiger partial charge in [0.25, 0.3) is 5.56 Å². The van der Waals surface area contributed by atoms with Gasteiger partial charge in [0.2, 0.25) is 0 Å². The van der Waals surface area contributed by atoms with E-state index in [1.165, 1.54) is 0 Å². The van der Waals surface area contributed by atoms with Crippen molar-refractivity contribution in [3.63, 3.8) is 0 Å². The standard InChI is InChI=1S/C19H16N2O2/c1-2-12-23-15-7-5-6-14(13-15)10-11-18-20-17-9-4-3-8-16(17)19(22)21-18/h2-11,13H,1,12H2,(H,20,21,22)/b11-10+. The molecule has 2 aromatic carbocycles. The number of hydrogen-bond acceptors (Lipinski definition) is 3. The van der Waals surface area contributed by atoms with Gasteiger partial charge in [0.1, 0.15) is 18.2 Å². The molecule has 3 aromatic rings. The summed E-state index contributed by atoms with van der Waals surface area (Å²) in [6.45, 7) is 4.09. The summed E-state index contributed by atoms with van der Waals surface area (Å²) >= 11 is 0. The van der Waals surface area contributed by atoms with E-state index >= 15 is 0 Å². The first-order valence-corrected chi connectivity index (χ1v) is 7.27. The Labute approximate surface area is 133 Å². The van der Waals surface area contributed by atoms with Crippen molar-refractivity contribution in [1.82, 2.24) is 9.97 Å². The summed E-state index contributed by atoms with van der Waals surface area (Å²) in [6.07, 6.45) is 5.36. The molecule has 23 heavy (non-hydrogen) atoms. The molecule has 0 fully saturated rings. The number of nitrogens with one attached hydrogen (secondary N) is 1. The summed E-state index contributed by atoms with van der Waals surface area (Å²) in [5, 5.41) is 0.587. The van der Waals surface area contributed by atoms with Crippen molar-refractivity contribution in [3.05, 3.63) is 82.9 Å². The summed E-state index contributed by atoms with van der Waals surface area (Å²) in [5.41, 5.74) is 1.50. The zero-order valence-corrected chi connectivity index (χ0v) is 12.5. The zero-order valence-electron chi connectivity index (χ0n) is 12.5. The Morgan fingerprint density at radius 3 is 2.87 bits per heavy atom. The minimum atomic E-state index is -0.140. The number of benzene rings is 2. The summed E-state index contributed by atoms with van der Waals surface area (Å²) in [6, 6.07) is 14.9. The molecule has 1 N–H and O–H groups in total. The van der Waals surface area contributed by atoms with E-state index in [-0.39, 0.29) is 5.56 Å². The van der Waals surface area contributed by atoms with Gasteiger partial charge in [-0.3, -0.25) is 4.79 Å². The Balaban J connectivity index is 1.88. The molecule has 0 unspecified atom stereocenters. The third kappa shape index (κ3) is 3.55. The van der Waals surface area contributed by atoms with Gasteiger partial charge in [0.05, 0.1) is 10.9 Å². The lowest BCUT2D eigenvalue weighted by Gasteiger charge is -2.03. The SMILES string of the molecule is C=CCOc1cccc(/C=C/c2nc3ccccc3c(=O)[nH]2)c1. The van der Waals surface area contributed by atoms with Crippen LogP contribution in [0.2, 0.25) is 0 Å². The molecule has 1 heterocycles. The van der Waals surface area contributed by atoms with Crippen LogP contribution in [0.5, 0.6) is 5.75 Å². The van der Waals surface area contributed by atoms with E-state index in [0.717, 1.165) is 11.3 Å². The van der Waals surface area contributed by atoms with Crippen molar-refractivity contribution in [2.24, 2.45) is 0 Å². The first-order valence-electron chi connectivity index (χ1n) is 7.27. The lowest BCUT2D eigenvalue weighted by atomic mass is 10.2. The molecule has 4 nitrogen and oxygen atoms in total. The molecule has 0 bridgehead atoms. The third-order valence-electron chi connectivity index (χ3n) is 3.29. The predicted molar refractivity (Wildman–Crippen MR) is 93.4 cm³/mol. The number of nitrogens with zero attached hydrogens (tertiary/aromatic N) is 1. The molecule has 0 amide bonds. The summed E-state index contributed by atoms with van der Waals surface area (Å²) < 4.78 is 5.50. The largest absolute Gasteiger partial charge is 0.490 e. The smallest absolute Gasteiger partial charge is 0.259 e. The minimum Gasteiger partial charge on any atom is -0.490 e. The highest BCUT2D eigenvalue weighted by molar-refractivity contribution is 5.79. The van der Waals surface area contributed by atoms with Crippen LogP contribution in [0, 0.1) is 0 Å². The Bertz CT molecular complexity index is 926. The molecule has 0 radical (unpaired) electrons. The highest BCUT2D eigenvalue weighted by Crippen LogP contribution is 2.15. The average Bonchev–Trinajstić information content (AvgIpc) is 2.59. The fourth-order valence-electron chi connectivity index (χ4n) is 2.22. The van der Waals surface area contributed by atoms with Crippen LogP contribution in [-0.4, -0.2) is 16.6 Å². The van der Waals surface area contributed by atoms with E-state index in [2.05, 4.69) is 16.5 Å². The Morgan fingerprint density at radius 2 is 2.00 bits per heavy atom. The van der Waals surface area contributed by atoms with Crippen LogP contribution in [0.15, 0.2) is 66.0 Å². The maximum absolute atomic E-state index is 12.0. The molecule has 0 aliphatic heterocycles. The molecule has 114 valence electrons. The molecule has 0 saturated heterocycles. The van der Waals surface area contributed by atoms with Crippen molar-refractivity contribution in [3.8, 4) is 5.75 Å². The van der Waals surface area contributed by atoms with Gasteiger partial charge in [0.15, 0.2) is 0 Å². The fraction of sp³-hybridized carbons (Fsp3) is 0.0526. The van der Waals surface area contributed by atoms with E-state index < -0.39 is 0 Å². The topological polar surface area (TPSA) is 55.0 Å². The highest BCUT2D eigenvalue weighted by Gasteiger charge is 2.00. The van der Waals surface area contributed by atoms with Gasteiger partial charge in [-0.25, -0.2) is 4.98 Å². The van der Waals surface area contributed by atoms with Crippen LogP contribution in [-0.2, 0) is 0 Å². The van der Waals surface area contributed by atoms with Gasteiger partial charge in [-0.1, -0.05) is 43.0 Å². The Kier molecular flexibility index (Phi) is 4.34. The van der Waals surface area contributed by atoms with Crippen LogP contribution in [0.1, 0.15) is 11.4 Å². The van der Waals surface area contributed by atoms with E-state index in [1.807, 2.05) is 48.5 Å². The summed E-state index contributed by atoms with van der Waals surface area (Å²) in [4.78, 5) is 19.2. The van der Waals surface area contributed by atoms with E-state index in [4.69, 9.17) is 4.74 Å². The molecular weight excluding hydrogens is 288 g/mol. The second-order valence-electron chi connectivity index (χ2n) is 4.97. The maximum Gasteiger partial charge on any atom is 0.259 e. The number of H-pyrrole nitrogens is 1. The van der Waals surface area contributed by atoms with Crippen molar-refractivity contribution in [2.45, 2.75) is 0 Å². The van der Waals surface area contributed by atoms with Gasteiger partial charge in [-0.05, 0) is 35.9 Å². The van der Waals surface area contributed by atoms with Gasteiger partial charge >= 0.3 is 0 Å².